The van der Waals surface area contributed by atoms with Gasteiger partial charge >= 0.3 is 0 Å². The van der Waals surface area contributed by atoms with Crippen LogP contribution in [-0.4, -0.2) is 28.6 Å². The lowest BCUT2D eigenvalue weighted by molar-refractivity contribution is -0.121. The number of carbonyl (C=O) groups excluding carboxylic acids is 1. The van der Waals surface area contributed by atoms with Crippen molar-refractivity contribution in [2.24, 2.45) is 5.92 Å². The smallest absolute Gasteiger partial charge is 0.224 e. The maximum Gasteiger partial charge on any atom is 0.224 e. The van der Waals surface area contributed by atoms with Crippen molar-refractivity contribution in [1.29, 1.82) is 0 Å². The maximum absolute atomic E-state index is 13.5. The molecule has 1 heterocycles. The van der Waals surface area contributed by atoms with Gasteiger partial charge in [-0.3, -0.25) is 4.79 Å². The summed E-state index contributed by atoms with van der Waals surface area (Å²) >= 11 is 0. The normalized spacial score (nSPS) is 21.6. The van der Waals surface area contributed by atoms with Crippen molar-refractivity contribution in [2.45, 2.75) is 51.5 Å². The molecular formula is C19H25FN2O2. The number of hydrogen-bond acceptors (Lipinski definition) is 2. The molecule has 1 fully saturated rings. The molecule has 1 saturated carbocycles. The van der Waals surface area contributed by atoms with Crippen molar-refractivity contribution in [1.82, 2.24) is 10.3 Å². The topological polar surface area (TPSA) is 65.1 Å². The molecule has 1 amide bonds. The second-order valence-corrected chi connectivity index (χ2v) is 6.85. The van der Waals surface area contributed by atoms with E-state index in [9.17, 15) is 14.3 Å². The zero-order chi connectivity index (χ0) is 17.1. The third-order valence-electron chi connectivity index (χ3n) is 5.16. The number of nitrogens with one attached hydrogen (secondary N) is 2. The molecule has 1 aliphatic rings. The largest absolute Gasteiger partial charge is 0.396 e. The first-order valence-electron chi connectivity index (χ1n) is 8.75. The lowest BCUT2D eigenvalue weighted by Gasteiger charge is -2.24. The number of aromatic nitrogens is 1. The summed E-state index contributed by atoms with van der Waals surface area (Å²) in [7, 11) is 0. The number of rotatable bonds is 4. The minimum absolute atomic E-state index is 0.0345. The van der Waals surface area contributed by atoms with Crippen LogP contribution in [-0.2, 0) is 11.2 Å². The molecule has 0 spiro atoms. The van der Waals surface area contributed by atoms with Gasteiger partial charge < -0.3 is 15.4 Å². The molecule has 0 radical (unpaired) electrons. The molecule has 0 saturated heterocycles. The van der Waals surface area contributed by atoms with Crippen LogP contribution in [0.1, 0.15) is 43.4 Å². The average molecular weight is 332 g/mol. The number of halogens is 1. The van der Waals surface area contributed by atoms with E-state index in [1.54, 1.807) is 6.07 Å². The molecule has 3 rings (SSSR count). The third-order valence-corrected chi connectivity index (χ3v) is 5.16. The van der Waals surface area contributed by atoms with Gasteiger partial charge in [-0.25, -0.2) is 4.39 Å². The molecule has 0 bridgehead atoms. The van der Waals surface area contributed by atoms with Gasteiger partial charge in [0, 0.05) is 35.2 Å². The van der Waals surface area contributed by atoms with Gasteiger partial charge in [-0.15, -0.1) is 0 Å². The Labute approximate surface area is 141 Å². The van der Waals surface area contributed by atoms with Crippen molar-refractivity contribution in [3.63, 3.8) is 0 Å². The predicted octanol–water partition coefficient (Wildman–Crippen LogP) is 3.22. The second kappa shape index (κ2) is 7.34. The first-order chi connectivity index (χ1) is 11.6. The summed E-state index contributed by atoms with van der Waals surface area (Å²) in [4.78, 5) is 15.7. The summed E-state index contributed by atoms with van der Waals surface area (Å²) in [5.74, 6) is -0.223. The fourth-order valence-electron chi connectivity index (χ4n) is 3.79. The van der Waals surface area contributed by atoms with Crippen LogP contribution in [0.25, 0.3) is 10.9 Å². The van der Waals surface area contributed by atoms with Crippen LogP contribution in [0, 0.1) is 18.7 Å². The highest BCUT2D eigenvalue weighted by atomic mass is 19.1. The zero-order valence-corrected chi connectivity index (χ0v) is 14.1. The number of aryl methyl sites for hydroxylation is 1. The molecule has 24 heavy (non-hydrogen) atoms. The van der Waals surface area contributed by atoms with E-state index in [1.165, 1.54) is 12.1 Å². The van der Waals surface area contributed by atoms with E-state index in [2.05, 4.69) is 10.3 Å². The quantitative estimate of drug-likeness (QED) is 0.753. The Morgan fingerprint density at radius 3 is 2.92 bits per heavy atom. The van der Waals surface area contributed by atoms with Gasteiger partial charge in [0.2, 0.25) is 5.91 Å². The Balaban J connectivity index is 1.75. The summed E-state index contributed by atoms with van der Waals surface area (Å²) in [6.07, 6.45) is 5.45. The Kier molecular flexibility index (Phi) is 5.19. The van der Waals surface area contributed by atoms with Crippen LogP contribution in [0.2, 0.25) is 0 Å². The summed E-state index contributed by atoms with van der Waals surface area (Å²) in [5, 5.41) is 13.4. The van der Waals surface area contributed by atoms with E-state index in [0.29, 0.717) is 0 Å². The fourth-order valence-corrected chi connectivity index (χ4v) is 3.79. The van der Waals surface area contributed by atoms with Crippen LogP contribution < -0.4 is 5.32 Å². The van der Waals surface area contributed by atoms with Crippen LogP contribution >= 0.6 is 0 Å². The van der Waals surface area contributed by atoms with Gasteiger partial charge in [0.25, 0.3) is 0 Å². The molecule has 2 aromatic rings. The van der Waals surface area contributed by atoms with Gasteiger partial charge in [-0.2, -0.15) is 0 Å². The van der Waals surface area contributed by atoms with Crippen LogP contribution in [0.4, 0.5) is 4.39 Å². The van der Waals surface area contributed by atoms with E-state index in [0.717, 1.165) is 54.3 Å². The summed E-state index contributed by atoms with van der Waals surface area (Å²) in [6.45, 7) is 2.02. The Bertz CT molecular complexity index is 725. The zero-order valence-electron chi connectivity index (χ0n) is 14.1. The van der Waals surface area contributed by atoms with Crippen molar-refractivity contribution >= 4 is 16.8 Å². The van der Waals surface area contributed by atoms with Crippen molar-refractivity contribution in [2.75, 3.05) is 6.61 Å². The van der Waals surface area contributed by atoms with E-state index in [-0.39, 0.29) is 36.7 Å². The molecule has 1 aliphatic carbocycles. The minimum atomic E-state index is -0.299. The van der Waals surface area contributed by atoms with Gasteiger partial charge in [-0.1, -0.05) is 19.3 Å². The number of aliphatic hydroxyl groups excluding tert-OH is 1. The molecule has 1 aromatic heterocycles. The Hall–Kier alpha value is -1.88. The molecule has 0 aliphatic heterocycles. The first kappa shape index (κ1) is 17.0. The SMILES string of the molecule is Cc1[nH]c2ccc(F)cc2c1CC(=O)NC1CCCCCC1CO. The standard InChI is InChI=1S/C19H25FN2O2/c1-12-15(16-9-14(20)7-8-18(16)21-12)10-19(24)22-17-6-4-2-3-5-13(17)11-23/h7-9,13,17,21,23H,2-6,10-11H2,1H3,(H,22,24). The lowest BCUT2D eigenvalue weighted by atomic mass is 9.95. The van der Waals surface area contributed by atoms with Gasteiger partial charge in [0.05, 0.1) is 6.42 Å². The maximum atomic E-state index is 13.5. The van der Waals surface area contributed by atoms with Gasteiger partial charge in [-0.05, 0) is 43.5 Å². The minimum Gasteiger partial charge on any atom is -0.396 e. The highest BCUT2D eigenvalue weighted by Gasteiger charge is 2.25. The van der Waals surface area contributed by atoms with E-state index < -0.39 is 0 Å². The molecule has 4 nitrogen and oxygen atoms in total. The number of benzene rings is 1. The van der Waals surface area contributed by atoms with Crippen molar-refractivity contribution < 1.29 is 14.3 Å². The number of aliphatic hydroxyl groups is 1. The lowest BCUT2D eigenvalue weighted by Crippen LogP contribution is -2.41. The molecule has 1 aromatic carbocycles. The Morgan fingerprint density at radius 1 is 1.33 bits per heavy atom. The number of aromatic amines is 1. The van der Waals surface area contributed by atoms with E-state index in [1.807, 2.05) is 6.92 Å². The number of amides is 1. The van der Waals surface area contributed by atoms with Crippen molar-refractivity contribution in [3.05, 3.63) is 35.3 Å². The fraction of sp³-hybridized carbons (Fsp3) is 0.526. The number of hydrogen-bond donors (Lipinski definition) is 3. The summed E-state index contributed by atoms with van der Waals surface area (Å²) < 4.78 is 13.5. The molecule has 5 heteroatoms. The highest BCUT2D eigenvalue weighted by Crippen LogP contribution is 2.25. The number of carbonyl (C=O) groups is 1. The Morgan fingerprint density at radius 2 is 2.12 bits per heavy atom. The molecular weight excluding hydrogens is 307 g/mol. The molecule has 2 unspecified atom stereocenters. The molecule has 130 valence electrons. The molecule has 2 atom stereocenters. The van der Waals surface area contributed by atoms with Crippen LogP contribution in [0.5, 0.6) is 0 Å². The summed E-state index contributed by atoms with van der Waals surface area (Å²) in [5.41, 5.74) is 2.58. The highest BCUT2D eigenvalue weighted by molar-refractivity contribution is 5.90. The van der Waals surface area contributed by atoms with Gasteiger partial charge in [0.1, 0.15) is 5.82 Å². The predicted molar refractivity (Wildman–Crippen MR) is 92.3 cm³/mol. The first-order valence-corrected chi connectivity index (χ1v) is 8.75. The number of fused-ring (bicyclic) bond motifs is 1. The van der Waals surface area contributed by atoms with Gasteiger partial charge in [0.15, 0.2) is 0 Å². The molecule has 3 N–H and O–H groups in total. The van der Waals surface area contributed by atoms with Crippen LogP contribution in [0.15, 0.2) is 18.2 Å². The summed E-state index contributed by atoms with van der Waals surface area (Å²) in [6, 6.07) is 4.63. The van der Waals surface area contributed by atoms with Crippen LogP contribution in [0.3, 0.4) is 0 Å². The number of H-pyrrole nitrogens is 1. The average Bonchev–Trinajstić information content (AvgIpc) is 2.73. The van der Waals surface area contributed by atoms with Crippen molar-refractivity contribution in [3.8, 4) is 0 Å². The second-order valence-electron chi connectivity index (χ2n) is 6.85. The monoisotopic (exact) mass is 332 g/mol. The van der Waals surface area contributed by atoms with E-state index in [4.69, 9.17) is 0 Å². The van der Waals surface area contributed by atoms with E-state index >= 15 is 0 Å². The third kappa shape index (κ3) is 3.61.